The van der Waals surface area contributed by atoms with E-state index in [9.17, 15) is 4.79 Å². The summed E-state index contributed by atoms with van der Waals surface area (Å²) in [5, 5.41) is 0. The van der Waals surface area contributed by atoms with Crippen molar-refractivity contribution in [2.24, 2.45) is 11.7 Å². The summed E-state index contributed by atoms with van der Waals surface area (Å²) in [6, 6.07) is 9.67. The van der Waals surface area contributed by atoms with Crippen molar-refractivity contribution >= 4 is 5.91 Å². The van der Waals surface area contributed by atoms with Crippen molar-refractivity contribution in [3.05, 3.63) is 35.9 Å². The van der Waals surface area contributed by atoms with Crippen LogP contribution in [0.4, 0.5) is 0 Å². The van der Waals surface area contributed by atoms with E-state index in [1.165, 1.54) is 19.4 Å². The van der Waals surface area contributed by atoms with Crippen LogP contribution in [-0.2, 0) is 10.3 Å². The fraction of sp³-hybridized carbons (Fsp3) is 0.588. The largest absolute Gasteiger partial charge is 0.338 e. The monoisotopic (exact) mass is 287 g/mol. The Kier molecular flexibility index (Phi) is 4.00. The lowest BCUT2D eigenvalue weighted by Gasteiger charge is -2.38. The fourth-order valence-electron chi connectivity index (χ4n) is 3.04. The van der Waals surface area contributed by atoms with Crippen molar-refractivity contribution < 1.29 is 4.79 Å². The van der Waals surface area contributed by atoms with Crippen LogP contribution in [0.25, 0.3) is 0 Å². The number of carbonyl (C=O) groups excluding carboxylic acids is 1. The Morgan fingerprint density at radius 3 is 2.38 bits per heavy atom. The minimum Gasteiger partial charge on any atom is -0.338 e. The molecule has 1 aromatic rings. The molecule has 2 fully saturated rings. The molecular formula is C17H25N3O. The fourth-order valence-corrected chi connectivity index (χ4v) is 3.04. The first-order chi connectivity index (χ1) is 10.1. The number of rotatable bonds is 4. The number of nitrogens with zero attached hydrogens (tertiary/aromatic N) is 2. The summed E-state index contributed by atoms with van der Waals surface area (Å²) in [6.07, 6.45) is 2.77. The highest BCUT2D eigenvalue weighted by atomic mass is 16.2. The molecule has 1 aliphatic heterocycles. The van der Waals surface area contributed by atoms with Crippen molar-refractivity contribution in [3.8, 4) is 0 Å². The molecule has 3 rings (SSSR count). The zero-order valence-electron chi connectivity index (χ0n) is 12.8. The van der Waals surface area contributed by atoms with E-state index in [0.717, 1.165) is 37.7 Å². The molecule has 0 bridgehead atoms. The zero-order chi connectivity index (χ0) is 14.9. The van der Waals surface area contributed by atoms with Crippen LogP contribution in [0.2, 0.25) is 0 Å². The van der Waals surface area contributed by atoms with E-state index in [1.807, 2.05) is 42.2 Å². The second-order valence-electron chi connectivity index (χ2n) is 6.60. The van der Waals surface area contributed by atoms with Crippen LogP contribution in [0.5, 0.6) is 0 Å². The number of carbonyl (C=O) groups is 1. The predicted octanol–water partition coefficient (Wildman–Crippen LogP) is 1.41. The Morgan fingerprint density at radius 2 is 1.81 bits per heavy atom. The molecule has 114 valence electrons. The van der Waals surface area contributed by atoms with Gasteiger partial charge in [-0.05, 0) is 31.2 Å². The summed E-state index contributed by atoms with van der Waals surface area (Å²) in [5.74, 6) is 0.955. The number of hydrogen-bond donors (Lipinski definition) is 1. The average molecular weight is 287 g/mol. The van der Waals surface area contributed by atoms with Gasteiger partial charge in [-0.2, -0.15) is 0 Å². The van der Waals surface area contributed by atoms with E-state index >= 15 is 0 Å². The number of hydrogen-bond acceptors (Lipinski definition) is 3. The van der Waals surface area contributed by atoms with Crippen LogP contribution < -0.4 is 5.73 Å². The second-order valence-corrected chi connectivity index (χ2v) is 6.60. The van der Waals surface area contributed by atoms with Crippen molar-refractivity contribution in [1.82, 2.24) is 9.80 Å². The molecule has 21 heavy (non-hydrogen) atoms. The summed E-state index contributed by atoms with van der Waals surface area (Å²) in [5.41, 5.74) is 6.29. The van der Waals surface area contributed by atoms with Gasteiger partial charge in [0.05, 0.1) is 0 Å². The van der Waals surface area contributed by atoms with Gasteiger partial charge in [0, 0.05) is 32.7 Å². The van der Waals surface area contributed by atoms with Crippen molar-refractivity contribution in [1.29, 1.82) is 0 Å². The van der Waals surface area contributed by atoms with Crippen molar-refractivity contribution in [3.63, 3.8) is 0 Å². The minimum atomic E-state index is -0.931. The quantitative estimate of drug-likeness (QED) is 0.911. The van der Waals surface area contributed by atoms with Gasteiger partial charge in [-0.15, -0.1) is 0 Å². The lowest BCUT2D eigenvalue weighted by atomic mass is 9.91. The van der Waals surface area contributed by atoms with E-state index in [1.54, 1.807) is 0 Å². The summed E-state index contributed by atoms with van der Waals surface area (Å²) >= 11 is 0. The molecule has 0 radical (unpaired) electrons. The molecule has 4 heteroatoms. The summed E-state index contributed by atoms with van der Waals surface area (Å²) in [4.78, 5) is 17.2. The molecule has 1 aliphatic carbocycles. The maximum atomic E-state index is 12.7. The molecule has 0 spiro atoms. The van der Waals surface area contributed by atoms with Crippen molar-refractivity contribution in [2.45, 2.75) is 25.3 Å². The highest BCUT2D eigenvalue weighted by Crippen LogP contribution is 2.30. The van der Waals surface area contributed by atoms with Crippen LogP contribution in [0.1, 0.15) is 25.3 Å². The molecule has 1 aromatic carbocycles. The van der Waals surface area contributed by atoms with Gasteiger partial charge in [0.15, 0.2) is 0 Å². The maximum Gasteiger partial charge on any atom is 0.247 e. The first-order valence-electron chi connectivity index (χ1n) is 7.93. The van der Waals surface area contributed by atoms with Gasteiger partial charge in [0.1, 0.15) is 5.54 Å². The Labute approximate surface area is 126 Å². The van der Waals surface area contributed by atoms with Gasteiger partial charge in [0.2, 0.25) is 5.91 Å². The number of benzene rings is 1. The molecule has 1 amide bonds. The lowest BCUT2D eigenvalue weighted by Crippen LogP contribution is -2.56. The molecular weight excluding hydrogens is 262 g/mol. The van der Waals surface area contributed by atoms with Crippen LogP contribution in [0.3, 0.4) is 0 Å². The van der Waals surface area contributed by atoms with Gasteiger partial charge in [-0.25, -0.2) is 0 Å². The predicted molar refractivity (Wildman–Crippen MR) is 83.7 cm³/mol. The van der Waals surface area contributed by atoms with Gasteiger partial charge < -0.3 is 10.6 Å². The van der Waals surface area contributed by atoms with Crippen LogP contribution in [-0.4, -0.2) is 48.4 Å². The normalized spacial score (nSPS) is 22.9. The Bertz CT molecular complexity index is 488. The molecule has 2 aliphatic rings. The highest BCUT2D eigenvalue weighted by Gasteiger charge is 2.36. The third-order valence-corrected chi connectivity index (χ3v) is 4.69. The third-order valence-electron chi connectivity index (χ3n) is 4.69. The molecule has 1 saturated carbocycles. The van der Waals surface area contributed by atoms with Gasteiger partial charge >= 0.3 is 0 Å². The van der Waals surface area contributed by atoms with Crippen molar-refractivity contribution in [2.75, 3.05) is 32.7 Å². The first kappa shape index (κ1) is 14.5. The molecule has 1 unspecified atom stereocenters. The van der Waals surface area contributed by atoms with E-state index in [2.05, 4.69) is 4.90 Å². The second kappa shape index (κ2) is 5.78. The molecule has 0 aromatic heterocycles. The number of piperazine rings is 1. The van der Waals surface area contributed by atoms with Gasteiger partial charge in [-0.3, -0.25) is 9.69 Å². The molecule has 1 atom stereocenters. The van der Waals surface area contributed by atoms with E-state index < -0.39 is 5.54 Å². The summed E-state index contributed by atoms with van der Waals surface area (Å²) in [7, 11) is 0. The molecule has 2 N–H and O–H groups in total. The first-order valence-corrected chi connectivity index (χ1v) is 7.93. The van der Waals surface area contributed by atoms with Crippen LogP contribution in [0.15, 0.2) is 30.3 Å². The summed E-state index contributed by atoms with van der Waals surface area (Å²) in [6.45, 7) is 6.58. The van der Waals surface area contributed by atoms with Crippen LogP contribution >= 0.6 is 0 Å². The number of nitrogens with two attached hydrogens (primary N) is 1. The standard InChI is InChI=1S/C17H25N3O/c1-17(18,15-5-3-2-4-6-15)16(21)20-11-9-19(10-12-20)13-14-7-8-14/h2-6,14H,7-13,18H2,1H3. The highest BCUT2D eigenvalue weighted by molar-refractivity contribution is 5.87. The Balaban J connectivity index is 1.60. The van der Waals surface area contributed by atoms with E-state index in [-0.39, 0.29) is 5.91 Å². The topological polar surface area (TPSA) is 49.6 Å². The van der Waals surface area contributed by atoms with Crippen LogP contribution in [0, 0.1) is 5.92 Å². The lowest BCUT2D eigenvalue weighted by molar-refractivity contribution is -0.138. The van der Waals surface area contributed by atoms with E-state index in [0.29, 0.717) is 0 Å². The smallest absolute Gasteiger partial charge is 0.247 e. The average Bonchev–Trinajstić information content (AvgIpc) is 3.32. The summed E-state index contributed by atoms with van der Waals surface area (Å²) < 4.78 is 0. The SMILES string of the molecule is CC(N)(C(=O)N1CCN(CC2CC2)CC1)c1ccccc1. The Morgan fingerprint density at radius 1 is 1.19 bits per heavy atom. The van der Waals surface area contributed by atoms with Gasteiger partial charge in [0.25, 0.3) is 0 Å². The number of amides is 1. The Hall–Kier alpha value is -1.39. The molecule has 1 saturated heterocycles. The minimum absolute atomic E-state index is 0.0415. The van der Waals surface area contributed by atoms with Gasteiger partial charge in [-0.1, -0.05) is 30.3 Å². The molecule has 4 nitrogen and oxygen atoms in total. The zero-order valence-corrected chi connectivity index (χ0v) is 12.8. The molecule has 1 heterocycles. The van der Waals surface area contributed by atoms with E-state index in [4.69, 9.17) is 5.73 Å². The maximum absolute atomic E-state index is 12.7. The third kappa shape index (κ3) is 3.27.